The number of hydrogen-bond acceptors (Lipinski definition) is 4. The number of rotatable bonds is 3. The zero-order valence-electron chi connectivity index (χ0n) is 10.0. The summed E-state index contributed by atoms with van der Waals surface area (Å²) in [5.74, 6) is -0.741. The quantitative estimate of drug-likeness (QED) is 0.753. The van der Waals surface area contributed by atoms with Crippen LogP contribution in [-0.4, -0.2) is 71.8 Å². The number of carboxylic acid groups (broad SMARTS) is 1. The summed E-state index contributed by atoms with van der Waals surface area (Å²) in [5, 5.41) is 9.22. The molecule has 2 saturated heterocycles. The molecule has 1 aliphatic carbocycles. The predicted octanol–water partition coefficient (Wildman–Crippen LogP) is 0.00850. The van der Waals surface area contributed by atoms with E-state index >= 15 is 0 Å². The average molecular weight is 240 g/mol. The van der Waals surface area contributed by atoms with Crippen LogP contribution in [0, 0.1) is 0 Å². The Hall–Kier alpha value is -0.650. The molecular formula is C12H20N2O3. The lowest BCUT2D eigenvalue weighted by atomic mass is 10.1. The molecule has 1 saturated carbocycles. The van der Waals surface area contributed by atoms with Crippen LogP contribution < -0.4 is 0 Å². The van der Waals surface area contributed by atoms with Crippen molar-refractivity contribution < 1.29 is 14.6 Å². The minimum Gasteiger partial charge on any atom is -0.480 e. The Bertz CT molecular complexity index is 306. The van der Waals surface area contributed by atoms with Gasteiger partial charge in [0.25, 0.3) is 0 Å². The molecule has 2 unspecified atom stereocenters. The molecule has 2 atom stereocenters. The number of ether oxygens (including phenoxy) is 1. The van der Waals surface area contributed by atoms with Gasteiger partial charge >= 0.3 is 5.97 Å². The van der Waals surface area contributed by atoms with Gasteiger partial charge in [0.1, 0.15) is 6.04 Å². The number of carbonyl (C=O) groups is 1. The van der Waals surface area contributed by atoms with Crippen LogP contribution in [0.3, 0.4) is 0 Å². The van der Waals surface area contributed by atoms with Crippen LogP contribution in [0.25, 0.3) is 0 Å². The minimum atomic E-state index is -0.741. The summed E-state index contributed by atoms with van der Waals surface area (Å²) in [7, 11) is 0. The van der Waals surface area contributed by atoms with E-state index in [2.05, 4.69) is 9.80 Å². The van der Waals surface area contributed by atoms with Crippen molar-refractivity contribution in [2.45, 2.75) is 37.4 Å². The van der Waals surface area contributed by atoms with Gasteiger partial charge in [-0.1, -0.05) is 0 Å². The van der Waals surface area contributed by atoms with Crippen molar-refractivity contribution in [2.75, 3.05) is 32.8 Å². The van der Waals surface area contributed by atoms with E-state index in [1.807, 2.05) is 0 Å². The predicted molar refractivity (Wildman–Crippen MR) is 61.9 cm³/mol. The first-order valence-corrected chi connectivity index (χ1v) is 6.56. The standard InChI is InChI=1S/C12H20N2O3/c15-12(16)11-8-17-6-5-14(11)10-3-4-13(7-10)9-1-2-9/h9-11H,1-8H2,(H,15,16). The van der Waals surface area contributed by atoms with E-state index in [4.69, 9.17) is 4.74 Å². The van der Waals surface area contributed by atoms with Crippen molar-refractivity contribution in [2.24, 2.45) is 0 Å². The number of likely N-dealkylation sites (tertiary alicyclic amines) is 1. The summed E-state index contributed by atoms with van der Waals surface area (Å²) >= 11 is 0. The molecule has 0 amide bonds. The van der Waals surface area contributed by atoms with E-state index in [1.54, 1.807) is 0 Å². The van der Waals surface area contributed by atoms with Gasteiger partial charge in [-0.15, -0.1) is 0 Å². The normalized spacial score (nSPS) is 36.2. The first-order valence-electron chi connectivity index (χ1n) is 6.56. The fourth-order valence-corrected chi connectivity index (χ4v) is 3.08. The highest BCUT2D eigenvalue weighted by atomic mass is 16.5. The van der Waals surface area contributed by atoms with E-state index in [1.165, 1.54) is 12.8 Å². The van der Waals surface area contributed by atoms with Crippen molar-refractivity contribution in [1.82, 2.24) is 9.80 Å². The van der Waals surface area contributed by atoms with Crippen molar-refractivity contribution in [1.29, 1.82) is 0 Å². The second kappa shape index (κ2) is 4.55. The Kier molecular flexibility index (Phi) is 3.06. The molecule has 96 valence electrons. The third-order valence-electron chi connectivity index (χ3n) is 4.18. The lowest BCUT2D eigenvalue weighted by Crippen LogP contribution is -2.55. The molecule has 2 aliphatic heterocycles. The maximum Gasteiger partial charge on any atom is 0.323 e. The molecule has 0 aromatic carbocycles. The van der Waals surface area contributed by atoms with E-state index in [9.17, 15) is 9.90 Å². The maximum absolute atomic E-state index is 11.2. The fraction of sp³-hybridized carbons (Fsp3) is 0.917. The zero-order chi connectivity index (χ0) is 11.8. The van der Waals surface area contributed by atoms with Gasteiger partial charge in [-0.2, -0.15) is 0 Å². The average Bonchev–Trinajstić information content (AvgIpc) is 3.07. The summed E-state index contributed by atoms with van der Waals surface area (Å²) in [4.78, 5) is 15.9. The number of hydrogen-bond donors (Lipinski definition) is 1. The monoisotopic (exact) mass is 240 g/mol. The molecule has 3 aliphatic rings. The molecule has 0 bridgehead atoms. The molecule has 0 aromatic heterocycles. The van der Waals surface area contributed by atoms with Gasteiger partial charge in [0, 0.05) is 31.7 Å². The number of nitrogens with zero attached hydrogens (tertiary/aromatic N) is 2. The third-order valence-corrected chi connectivity index (χ3v) is 4.18. The van der Waals surface area contributed by atoms with E-state index in [-0.39, 0.29) is 0 Å². The van der Waals surface area contributed by atoms with Crippen LogP contribution >= 0.6 is 0 Å². The van der Waals surface area contributed by atoms with Gasteiger partial charge < -0.3 is 9.84 Å². The van der Waals surface area contributed by atoms with Gasteiger partial charge in [0.15, 0.2) is 0 Å². The zero-order valence-corrected chi connectivity index (χ0v) is 10.0. The Morgan fingerprint density at radius 2 is 2.00 bits per heavy atom. The Labute approximate surface area is 101 Å². The topological polar surface area (TPSA) is 53.0 Å². The van der Waals surface area contributed by atoms with Crippen molar-refractivity contribution >= 4 is 5.97 Å². The van der Waals surface area contributed by atoms with Crippen LogP contribution in [0.5, 0.6) is 0 Å². The molecule has 1 N–H and O–H groups in total. The molecule has 0 spiro atoms. The van der Waals surface area contributed by atoms with Gasteiger partial charge in [0.05, 0.1) is 13.2 Å². The summed E-state index contributed by atoms with van der Waals surface area (Å²) in [6.45, 7) is 3.96. The van der Waals surface area contributed by atoms with Crippen LogP contribution in [-0.2, 0) is 9.53 Å². The van der Waals surface area contributed by atoms with Crippen LogP contribution in [0.1, 0.15) is 19.3 Å². The second-order valence-electron chi connectivity index (χ2n) is 5.34. The van der Waals surface area contributed by atoms with Crippen LogP contribution in [0.15, 0.2) is 0 Å². The summed E-state index contributed by atoms with van der Waals surface area (Å²) in [5.41, 5.74) is 0. The van der Waals surface area contributed by atoms with Gasteiger partial charge in [-0.3, -0.25) is 14.6 Å². The lowest BCUT2D eigenvalue weighted by Gasteiger charge is -2.37. The molecule has 5 nitrogen and oxygen atoms in total. The SMILES string of the molecule is O=C(O)C1COCCN1C1CCN(C2CC2)C1. The summed E-state index contributed by atoms with van der Waals surface area (Å²) in [6.07, 6.45) is 3.77. The molecule has 3 rings (SSSR count). The smallest absolute Gasteiger partial charge is 0.323 e. The summed E-state index contributed by atoms with van der Waals surface area (Å²) in [6, 6.07) is 0.776. The molecule has 0 radical (unpaired) electrons. The van der Waals surface area contributed by atoms with Gasteiger partial charge in [-0.25, -0.2) is 0 Å². The highest BCUT2D eigenvalue weighted by Crippen LogP contribution is 2.31. The first kappa shape index (κ1) is 11.4. The summed E-state index contributed by atoms with van der Waals surface area (Å²) < 4.78 is 5.28. The van der Waals surface area contributed by atoms with Gasteiger partial charge in [0.2, 0.25) is 0 Å². The van der Waals surface area contributed by atoms with Crippen LogP contribution in [0.4, 0.5) is 0 Å². The Morgan fingerprint density at radius 3 is 2.71 bits per heavy atom. The Morgan fingerprint density at radius 1 is 1.18 bits per heavy atom. The van der Waals surface area contributed by atoms with Crippen molar-refractivity contribution in [3.05, 3.63) is 0 Å². The molecule has 5 heteroatoms. The minimum absolute atomic E-state index is 0.343. The highest BCUT2D eigenvalue weighted by Gasteiger charge is 2.40. The van der Waals surface area contributed by atoms with Gasteiger partial charge in [-0.05, 0) is 19.3 Å². The van der Waals surface area contributed by atoms with Crippen LogP contribution in [0.2, 0.25) is 0 Å². The van der Waals surface area contributed by atoms with Crippen molar-refractivity contribution in [3.63, 3.8) is 0 Å². The first-order chi connectivity index (χ1) is 8.25. The van der Waals surface area contributed by atoms with E-state index < -0.39 is 12.0 Å². The van der Waals surface area contributed by atoms with E-state index in [0.717, 1.165) is 32.1 Å². The highest BCUT2D eigenvalue weighted by molar-refractivity contribution is 5.73. The number of morpholine rings is 1. The largest absolute Gasteiger partial charge is 0.480 e. The molecule has 17 heavy (non-hydrogen) atoms. The molecule has 2 heterocycles. The molecule has 0 aromatic rings. The maximum atomic E-state index is 11.2. The Balaban J connectivity index is 1.63. The molecule has 3 fully saturated rings. The number of aliphatic carboxylic acids is 1. The molecular weight excluding hydrogens is 220 g/mol. The van der Waals surface area contributed by atoms with Crippen molar-refractivity contribution in [3.8, 4) is 0 Å². The third kappa shape index (κ3) is 2.32. The lowest BCUT2D eigenvalue weighted by molar-refractivity contribution is -0.151. The second-order valence-corrected chi connectivity index (χ2v) is 5.34. The fourth-order valence-electron chi connectivity index (χ4n) is 3.08. The van der Waals surface area contributed by atoms with E-state index in [0.29, 0.717) is 19.3 Å². The number of carboxylic acids is 1.